The van der Waals surface area contributed by atoms with E-state index in [9.17, 15) is 4.39 Å². The first-order chi connectivity index (χ1) is 10.1. The van der Waals surface area contributed by atoms with Gasteiger partial charge in [0.05, 0.1) is 6.61 Å². The summed E-state index contributed by atoms with van der Waals surface area (Å²) in [7, 11) is 0. The third kappa shape index (κ3) is 4.96. The second-order valence-electron chi connectivity index (χ2n) is 4.77. The number of nitrogens with one attached hydrogen (secondary N) is 1. The van der Waals surface area contributed by atoms with Crippen LogP contribution in [0.2, 0.25) is 0 Å². The van der Waals surface area contributed by atoms with Crippen molar-refractivity contribution in [3.05, 3.63) is 65.2 Å². The summed E-state index contributed by atoms with van der Waals surface area (Å²) in [5.41, 5.74) is 7.65. The minimum absolute atomic E-state index is 0.145. The smallest absolute Gasteiger partial charge is 0.124 e. The van der Waals surface area contributed by atoms with Crippen molar-refractivity contribution in [2.45, 2.75) is 19.4 Å². The largest absolute Gasteiger partial charge is 0.384 e. The molecule has 0 bridgehead atoms. The molecule has 1 aromatic heterocycles. The van der Waals surface area contributed by atoms with Gasteiger partial charge in [-0.2, -0.15) is 0 Å². The number of ether oxygens (including phenoxy) is 1. The Bertz CT molecular complexity index is 602. The van der Waals surface area contributed by atoms with Crippen molar-refractivity contribution in [3.63, 3.8) is 0 Å². The molecule has 0 aliphatic rings. The van der Waals surface area contributed by atoms with Crippen molar-refractivity contribution in [3.8, 4) is 0 Å². The average molecular weight is 287 g/mol. The Labute approximate surface area is 123 Å². The Morgan fingerprint density at radius 2 is 1.95 bits per heavy atom. The van der Waals surface area contributed by atoms with Gasteiger partial charge in [-0.05, 0) is 54.3 Å². The number of amidine groups is 1. The van der Waals surface area contributed by atoms with Crippen molar-refractivity contribution in [1.82, 2.24) is 4.98 Å². The van der Waals surface area contributed by atoms with Crippen LogP contribution in [0.4, 0.5) is 4.39 Å². The lowest BCUT2D eigenvalue weighted by Gasteiger charge is -2.07. The van der Waals surface area contributed by atoms with E-state index >= 15 is 0 Å². The summed E-state index contributed by atoms with van der Waals surface area (Å²) in [5, 5.41) is 7.33. The summed E-state index contributed by atoms with van der Waals surface area (Å²) >= 11 is 0. The summed E-state index contributed by atoms with van der Waals surface area (Å²) < 4.78 is 18.9. The number of nitrogens with two attached hydrogens (primary N) is 1. The van der Waals surface area contributed by atoms with Gasteiger partial charge in [0.15, 0.2) is 0 Å². The van der Waals surface area contributed by atoms with Crippen LogP contribution < -0.4 is 5.73 Å². The minimum atomic E-state index is -0.405. The van der Waals surface area contributed by atoms with Crippen LogP contribution in [0.15, 0.2) is 42.7 Å². The SMILES string of the molecule is N=C(N)c1cc(F)cc(COCCCc2ccncc2)c1. The Morgan fingerprint density at radius 3 is 2.67 bits per heavy atom. The van der Waals surface area contributed by atoms with Gasteiger partial charge >= 0.3 is 0 Å². The number of hydrogen-bond acceptors (Lipinski definition) is 3. The van der Waals surface area contributed by atoms with Crippen LogP contribution in [0.1, 0.15) is 23.1 Å². The highest BCUT2D eigenvalue weighted by atomic mass is 19.1. The van der Waals surface area contributed by atoms with Gasteiger partial charge in [0.1, 0.15) is 11.7 Å². The molecule has 0 atom stereocenters. The molecule has 0 amide bonds. The van der Waals surface area contributed by atoms with E-state index in [0.29, 0.717) is 24.3 Å². The van der Waals surface area contributed by atoms with Gasteiger partial charge in [0.25, 0.3) is 0 Å². The van der Waals surface area contributed by atoms with E-state index < -0.39 is 5.82 Å². The predicted molar refractivity (Wildman–Crippen MR) is 79.6 cm³/mol. The summed E-state index contributed by atoms with van der Waals surface area (Å²) in [6.07, 6.45) is 5.35. The van der Waals surface area contributed by atoms with E-state index in [0.717, 1.165) is 12.8 Å². The third-order valence-corrected chi connectivity index (χ3v) is 3.04. The van der Waals surface area contributed by atoms with Crippen LogP contribution in [0.3, 0.4) is 0 Å². The average Bonchev–Trinajstić information content (AvgIpc) is 2.47. The van der Waals surface area contributed by atoms with E-state index in [1.165, 1.54) is 17.7 Å². The highest BCUT2D eigenvalue weighted by molar-refractivity contribution is 5.95. The molecule has 4 nitrogen and oxygen atoms in total. The molecule has 3 N–H and O–H groups in total. The maximum Gasteiger partial charge on any atom is 0.124 e. The van der Waals surface area contributed by atoms with Crippen LogP contribution in [0.25, 0.3) is 0 Å². The normalized spacial score (nSPS) is 10.5. The monoisotopic (exact) mass is 287 g/mol. The number of benzene rings is 1. The lowest BCUT2D eigenvalue weighted by molar-refractivity contribution is 0.118. The topological polar surface area (TPSA) is 72.0 Å². The maximum atomic E-state index is 13.4. The molecule has 21 heavy (non-hydrogen) atoms. The third-order valence-electron chi connectivity index (χ3n) is 3.04. The van der Waals surface area contributed by atoms with E-state index in [1.54, 1.807) is 18.5 Å². The first kappa shape index (κ1) is 15.1. The van der Waals surface area contributed by atoms with Gasteiger partial charge in [-0.1, -0.05) is 0 Å². The molecule has 1 aromatic carbocycles. The minimum Gasteiger partial charge on any atom is -0.384 e. The molecule has 0 saturated heterocycles. The van der Waals surface area contributed by atoms with Gasteiger partial charge in [-0.3, -0.25) is 10.4 Å². The zero-order valence-electron chi connectivity index (χ0n) is 11.7. The molecule has 0 aliphatic carbocycles. The number of rotatable bonds is 7. The lowest BCUT2D eigenvalue weighted by atomic mass is 10.1. The number of halogens is 1. The van der Waals surface area contributed by atoms with Crippen molar-refractivity contribution >= 4 is 5.84 Å². The highest BCUT2D eigenvalue weighted by Gasteiger charge is 2.03. The van der Waals surface area contributed by atoms with Gasteiger partial charge in [0, 0.05) is 24.6 Å². The molecule has 1 heterocycles. The van der Waals surface area contributed by atoms with Gasteiger partial charge < -0.3 is 10.5 Å². The lowest BCUT2D eigenvalue weighted by Crippen LogP contribution is -2.12. The standard InChI is InChI=1S/C16H18FN3O/c17-15-9-13(8-14(10-15)16(18)19)11-21-7-1-2-12-3-5-20-6-4-12/h3-6,8-10H,1-2,7,11H2,(H3,18,19). The molecular weight excluding hydrogens is 269 g/mol. The fraction of sp³-hybridized carbons (Fsp3) is 0.250. The van der Waals surface area contributed by atoms with Crippen molar-refractivity contribution in [2.75, 3.05) is 6.61 Å². The van der Waals surface area contributed by atoms with Crippen LogP contribution in [-0.4, -0.2) is 17.4 Å². The quantitative estimate of drug-likeness (QED) is 0.467. The Morgan fingerprint density at radius 1 is 1.19 bits per heavy atom. The van der Waals surface area contributed by atoms with Crippen molar-refractivity contribution in [1.29, 1.82) is 5.41 Å². The Kier molecular flexibility index (Phi) is 5.40. The first-order valence-electron chi connectivity index (χ1n) is 6.75. The zero-order valence-corrected chi connectivity index (χ0v) is 11.7. The summed E-state index contributed by atoms with van der Waals surface area (Å²) in [6, 6.07) is 8.27. The summed E-state index contributed by atoms with van der Waals surface area (Å²) in [6.45, 7) is 0.905. The molecule has 0 unspecified atom stereocenters. The van der Waals surface area contributed by atoms with Crippen LogP contribution in [0, 0.1) is 11.2 Å². The molecule has 0 radical (unpaired) electrons. The van der Waals surface area contributed by atoms with Crippen LogP contribution >= 0.6 is 0 Å². The summed E-state index contributed by atoms with van der Waals surface area (Å²) in [5.74, 6) is -0.550. The predicted octanol–water partition coefficient (Wildman–Crippen LogP) is 2.65. The van der Waals surface area contributed by atoms with E-state index in [1.807, 2.05) is 12.1 Å². The highest BCUT2D eigenvalue weighted by Crippen LogP contribution is 2.10. The fourth-order valence-corrected chi connectivity index (χ4v) is 2.01. The molecule has 0 fully saturated rings. The van der Waals surface area contributed by atoms with Crippen molar-refractivity contribution < 1.29 is 9.13 Å². The van der Waals surface area contributed by atoms with Gasteiger partial charge in [-0.15, -0.1) is 0 Å². The molecule has 110 valence electrons. The van der Waals surface area contributed by atoms with Gasteiger partial charge in [-0.25, -0.2) is 4.39 Å². The second kappa shape index (κ2) is 7.50. The number of aryl methyl sites for hydroxylation is 1. The van der Waals surface area contributed by atoms with Crippen LogP contribution in [0.5, 0.6) is 0 Å². The number of aromatic nitrogens is 1. The molecular formula is C16H18FN3O. The zero-order chi connectivity index (χ0) is 15.1. The van der Waals surface area contributed by atoms with Gasteiger partial charge in [0.2, 0.25) is 0 Å². The number of hydrogen-bond donors (Lipinski definition) is 2. The maximum absolute atomic E-state index is 13.4. The van der Waals surface area contributed by atoms with E-state index in [2.05, 4.69) is 4.98 Å². The van der Waals surface area contributed by atoms with Crippen LogP contribution in [-0.2, 0) is 17.8 Å². The first-order valence-corrected chi connectivity index (χ1v) is 6.75. The number of nitrogens with zero attached hydrogens (tertiary/aromatic N) is 1. The van der Waals surface area contributed by atoms with E-state index in [4.69, 9.17) is 15.9 Å². The second-order valence-corrected chi connectivity index (χ2v) is 4.77. The molecule has 0 aliphatic heterocycles. The molecule has 5 heteroatoms. The fourth-order valence-electron chi connectivity index (χ4n) is 2.01. The molecule has 0 saturated carbocycles. The Hall–Kier alpha value is -2.27. The summed E-state index contributed by atoms with van der Waals surface area (Å²) in [4.78, 5) is 3.97. The molecule has 2 rings (SSSR count). The van der Waals surface area contributed by atoms with E-state index in [-0.39, 0.29) is 5.84 Å². The molecule has 0 spiro atoms. The number of nitrogen functional groups attached to an aromatic ring is 1. The van der Waals surface area contributed by atoms with Crippen molar-refractivity contribution in [2.24, 2.45) is 5.73 Å². The molecule has 2 aromatic rings. The Balaban J connectivity index is 1.77. The number of pyridine rings is 1.